The van der Waals surface area contributed by atoms with E-state index in [0.29, 0.717) is 11.1 Å². The van der Waals surface area contributed by atoms with Crippen molar-refractivity contribution in [3.63, 3.8) is 0 Å². The van der Waals surface area contributed by atoms with Crippen molar-refractivity contribution in [3.8, 4) is 57.3 Å². The summed E-state index contributed by atoms with van der Waals surface area (Å²) in [5, 5.41) is 139. The molecule has 4 heterocycles. The van der Waals surface area contributed by atoms with Crippen LogP contribution in [0.3, 0.4) is 0 Å². The van der Waals surface area contributed by atoms with Crippen molar-refractivity contribution in [2.45, 2.75) is 92.1 Å². The lowest BCUT2D eigenvalue weighted by atomic mass is 9.97. The van der Waals surface area contributed by atoms with Crippen molar-refractivity contribution in [1.82, 2.24) is 0 Å². The standard InChI is InChI=1S/C53H56O26/c1-69-33-15-24(5-11-29(33)57)7-14-40(60)71-21-37-42(62)45(65)48(68)52(77-37)79-50-46(66)43(63)38(22-72-39(59)13-6-23-3-9-26(55)10-4-23)78-53(50)75-35-19-28-31(73-49(35)25-8-12-30(58)34(16-25)70-2)17-27(56)18-32(28)74-51-47(67)44(64)41(61)36(20-54)76-51/h3-19,36-38,41-48,50-54,61-68H,20-22H2,1-2H3,(H3-,55,56,57,58,59,60)/p+1/t36-,37-,38-,41-,42-,43-,44+,45+,46+,47-,48-,50-,51-,52+,53+/m1/s1. The lowest BCUT2D eigenvalue weighted by molar-refractivity contribution is -0.358. The summed E-state index contributed by atoms with van der Waals surface area (Å²) in [6.07, 6.45) is -23.6. The number of benzene rings is 4. The Morgan fingerprint density at radius 2 is 1.06 bits per heavy atom. The number of carbonyl (C=O) groups excluding carboxylic acids is 2. The zero-order valence-corrected chi connectivity index (χ0v) is 41.7. The van der Waals surface area contributed by atoms with Gasteiger partial charge in [-0.3, -0.25) is 0 Å². The number of aliphatic hydroxyl groups excluding tert-OH is 9. The Kier molecular flexibility index (Phi) is 18.4. The Morgan fingerprint density at radius 3 is 1.70 bits per heavy atom. The quantitative estimate of drug-likeness (QED) is 0.0310. The van der Waals surface area contributed by atoms with E-state index >= 15 is 0 Å². The smallest absolute Gasteiger partial charge is 0.402 e. The number of methoxy groups -OCH3 is 2. The lowest BCUT2D eigenvalue weighted by Crippen LogP contribution is -2.65. The van der Waals surface area contributed by atoms with Crippen LogP contribution in [0.4, 0.5) is 0 Å². The molecule has 8 rings (SSSR count). The number of fused-ring (bicyclic) bond motifs is 1. The predicted octanol–water partition coefficient (Wildman–Crippen LogP) is -0.0693. The molecule has 0 bridgehead atoms. The van der Waals surface area contributed by atoms with Gasteiger partial charge in [-0.25, -0.2) is 14.0 Å². The molecule has 0 aliphatic carbocycles. The van der Waals surface area contributed by atoms with E-state index in [-0.39, 0.29) is 62.5 Å². The van der Waals surface area contributed by atoms with Gasteiger partial charge in [-0.2, -0.15) is 0 Å². The zero-order valence-electron chi connectivity index (χ0n) is 41.7. The highest BCUT2D eigenvalue weighted by Gasteiger charge is 2.53. The number of rotatable bonds is 18. The molecule has 0 unspecified atom stereocenters. The Morgan fingerprint density at radius 1 is 0.532 bits per heavy atom. The molecule has 26 heteroatoms. The minimum atomic E-state index is -2.13. The van der Waals surface area contributed by atoms with E-state index in [1.807, 2.05) is 0 Å². The molecule has 0 amide bonds. The van der Waals surface area contributed by atoms with Crippen LogP contribution >= 0.6 is 0 Å². The van der Waals surface area contributed by atoms with Gasteiger partial charge in [0.25, 0.3) is 0 Å². The van der Waals surface area contributed by atoms with Crippen LogP contribution in [0.2, 0.25) is 0 Å². The molecule has 3 aliphatic rings. The maximum absolute atomic E-state index is 13.0. The molecule has 79 heavy (non-hydrogen) atoms. The van der Waals surface area contributed by atoms with Crippen molar-refractivity contribution in [2.75, 3.05) is 34.0 Å². The van der Waals surface area contributed by atoms with Gasteiger partial charge in [-0.15, -0.1) is 0 Å². The molecule has 3 fully saturated rings. The number of ether oxygens (including phenoxy) is 10. The first-order chi connectivity index (χ1) is 37.8. The van der Waals surface area contributed by atoms with Crippen molar-refractivity contribution in [1.29, 1.82) is 0 Å². The third kappa shape index (κ3) is 13.2. The summed E-state index contributed by atoms with van der Waals surface area (Å²) in [5.41, 5.74) is 0.864. The Bertz CT molecular complexity index is 2980. The monoisotopic (exact) mass is 1110 g/mol. The summed E-state index contributed by atoms with van der Waals surface area (Å²) >= 11 is 0. The molecular weight excluding hydrogens is 1050 g/mol. The van der Waals surface area contributed by atoms with E-state index in [1.165, 1.54) is 93.1 Å². The molecular formula is C53H57O26+. The van der Waals surface area contributed by atoms with E-state index in [1.54, 1.807) is 0 Å². The van der Waals surface area contributed by atoms with Gasteiger partial charge in [0.15, 0.2) is 35.4 Å². The summed E-state index contributed by atoms with van der Waals surface area (Å²) in [7, 11) is 2.59. The Labute approximate surface area is 447 Å². The Balaban J connectivity index is 1.13. The zero-order chi connectivity index (χ0) is 56.8. The minimum Gasteiger partial charge on any atom is -0.508 e. The predicted molar refractivity (Wildman–Crippen MR) is 266 cm³/mol. The van der Waals surface area contributed by atoms with E-state index < -0.39 is 130 Å². The van der Waals surface area contributed by atoms with Crippen LogP contribution < -0.4 is 18.9 Å². The highest BCUT2D eigenvalue weighted by atomic mass is 16.8. The summed E-state index contributed by atoms with van der Waals surface area (Å²) < 4.78 is 63.4. The van der Waals surface area contributed by atoms with Crippen LogP contribution in [0.5, 0.6) is 46.0 Å². The first kappa shape index (κ1) is 57.8. The third-order valence-corrected chi connectivity index (χ3v) is 12.9. The van der Waals surface area contributed by atoms with Gasteiger partial charge in [-0.05, 0) is 59.7 Å². The highest BCUT2D eigenvalue weighted by molar-refractivity contribution is 5.89. The molecule has 5 aromatic rings. The third-order valence-electron chi connectivity index (χ3n) is 12.9. The minimum absolute atomic E-state index is 0.0214. The molecule has 3 aliphatic heterocycles. The number of hydrogen-bond donors (Lipinski definition) is 13. The van der Waals surface area contributed by atoms with Crippen molar-refractivity contribution in [3.05, 3.63) is 102 Å². The second-order valence-corrected chi connectivity index (χ2v) is 18.2. The first-order valence-electron chi connectivity index (χ1n) is 24.1. The molecule has 13 N–H and O–H groups in total. The molecule has 0 saturated carbocycles. The average molecular weight is 1110 g/mol. The number of hydrogen-bond acceptors (Lipinski definition) is 25. The lowest BCUT2D eigenvalue weighted by Gasteiger charge is -2.45. The van der Waals surface area contributed by atoms with Crippen LogP contribution in [-0.4, -0.2) is 204 Å². The van der Waals surface area contributed by atoms with E-state index in [0.717, 1.165) is 24.3 Å². The molecule has 0 radical (unpaired) electrons. The van der Waals surface area contributed by atoms with Gasteiger partial charge in [-0.1, -0.05) is 18.2 Å². The van der Waals surface area contributed by atoms with Gasteiger partial charge in [0.05, 0.1) is 32.5 Å². The largest absolute Gasteiger partial charge is 0.508 e. The molecule has 15 atom stereocenters. The highest BCUT2D eigenvalue weighted by Crippen LogP contribution is 2.44. The summed E-state index contributed by atoms with van der Waals surface area (Å²) in [6.45, 7) is -2.33. The van der Waals surface area contributed by atoms with Gasteiger partial charge in [0.2, 0.25) is 18.3 Å². The van der Waals surface area contributed by atoms with Gasteiger partial charge < -0.3 is 114 Å². The van der Waals surface area contributed by atoms with Gasteiger partial charge in [0, 0.05) is 30.4 Å². The average Bonchev–Trinajstić information content (AvgIpc) is 3.48. The number of aliphatic hydroxyl groups is 9. The van der Waals surface area contributed by atoms with Crippen molar-refractivity contribution >= 4 is 35.1 Å². The number of esters is 2. The SMILES string of the molecule is COc1cc(C=CC(=O)OC[C@H]2O[C@@H](O[C@H]3[C@@H](Oc4cc5c(O[C@@H]6O[C@H](CO)[C@@H](O)[C@H](O)[C@H]6O)cc(O)cc5[o+]c4-c4ccc(O)c(OC)c4)O[C@H](COC(=O)C=Cc4ccc(O)cc4)[C@@H](O)[C@@H]3O)[C@H](O)[C@@H](O)[C@@H]2O)ccc1O. The van der Waals surface area contributed by atoms with Crippen molar-refractivity contribution in [2.24, 2.45) is 0 Å². The van der Waals surface area contributed by atoms with Crippen LogP contribution in [-0.2, 0) is 38.0 Å². The fourth-order valence-corrected chi connectivity index (χ4v) is 8.53. The van der Waals surface area contributed by atoms with Gasteiger partial charge >= 0.3 is 23.3 Å². The van der Waals surface area contributed by atoms with Crippen LogP contribution in [0.15, 0.2) is 95.4 Å². The summed E-state index contributed by atoms with van der Waals surface area (Å²) in [5.74, 6) is -3.76. The first-order valence-corrected chi connectivity index (χ1v) is 24.1. The molecule has 0 spiro atoms. The van der Waals surface area contributed by atoms with Crippen LogP contribution in [0, 0.1) is 0 Å². The second-order valence-electron chi connectivity index (χ2n) is 18.2. The molecule has 3 saturated heterocycles. The van der Waals surface area contributed by atoms with Crippen molar-refractivity contribution < 1.29 is 128 Å². The topological polar surface area (TPSA) is 401 Å². The fourth-order valence-electron chi connectivity index (χ4n) is 8.53. The summed E-state index contributed by atoms with van der Waals surface area (Å²) in [6, 6.07) is 17.4. The summed E-state index contributed by atoms with van der Waals surface area (Å²) in [4.78, 5) is 25.8. The van der Waals surface area contributed by atoms with E-state index in [9.17, 15) is 76.0 Å². The van der Waals surface area contributed by atoms with Crippen LogP contribution in [0.1, 0.15) is 11.1 Å². The molecule has 4 aromatic carbocycles. The van der Waals surface area contributed by atoms with E-state index in [2.05, 4.69) is 0 Å². The second kappa shape index (κ2) is 25.1. The van der Waals surface area contributed by atoms with Gasteiger partial charge in [0.1, 0.15) is 103 Å². The Hall–Kier alpha value is -7.41. The maximum atomic E-state index is 13.0. The number of phenols is 4. The fraction of sp³-hybridized carbons (Fsp3) is 0.377. The normalized spacial score (nSPS) is 29.1. The maximum Gasteiger partial charge on any atom is 0.402 e. The molecule has 424 valence electrons. The van der Waals surface area contributed by atoms with E-state index in [4.69, 9.17) is 51.8 Å². The number of carbonyl (C=O) groups is 2. The number of aromatic hydroxyl groups is 4. The van der Waals surface area contributed by atoms with Crippen LogP contribution in [0.25, 0.3) is 34.4 Å². The molecule has 26 nitrogen and oxygen atoms in total. The molecule has 1 aromatic heterocycles. The number of phenolic OH excluding ortho intramolecular Hbond substituents is 4.